The highest BCUT2D eigenvalue weighted by atomic mass is 16.5. The molecule has 0 bridgehead atoms. The van der Waals surface area contributed by atoms with Crippen LogP contribution in [0.2, 0.25) is 0 Å². The Morgan fingerprint density at radius 1 is 1.07 bits per heavy atom. The average molecular weight is 375 g/mol. The molecule has 1 fully saturated rings. The molecule has 142 valence electrons. The number of fused-ring (bicyclic) bond motifs is 1. The van der Waals surface area contributed by atoms with E-state index in [4.69, 9.17) is 14.9 Å². The maximum absolute atomic E-state index is 5.15. The van der Waals surface area contributed by atoms with Gasteiger partial charge in [-0.3, -0.25) is 4.68 Å². The molecule has 0 aromatic carbocycles. The van der Waals surface area contributed by atoms with E-state index in [2.05, 4.69) is 27.3 Å². The van der Waals surface area contributed by atoms with Crippen molar-refractivity contribution in [3.8, 4) is 17.3 Å². The molecule has 0 radical (unpaired) electrons. The summed E-state index contributed by atoms with van der Waals surface area (Å²) >= 11 is 0. The standard InChI is InChI=1S/C20H21N7O/c1-11-7-17(25-27-12(2)22-23-20(11)27)18-9-16(24-26(18)3)15-8-14(15)13-5-6-19(28-4)21-10-13/h5-7,9-10,14-15H,8H2,1-4H3/t14-,15+/m0/s1. The van der Waals surface area contributed by atoms with Gasteiger partial charge in [0.15, 0.2) is 11.5 Å². The highest BCUT2D eigenvalue weighted by Gasteiger charge is 2.41. The van der Waals surface area contributed by atoms with Gasteiger partial charge in [-0.05, 0) is 49.4 Å². The molecule has 4 aromatic heterocycles. The number of aryl methyl sites for hydroxylation is 3. The third-order valence-electron chi connectivity index (χ3n) is 5.44. The zero-order valence-corrected chi connectivity index (χ0v) is 16.3. The zero-order chi connectivity index (χ0) is 19.4. The molecular weight excluding hydrogens is 354 g/mol. The predicted octanol–water partition coefficient (Wildman–Crippen LogP) is 2.82. The van der Waals surface area contributed by atoms with E-state index in [0.29, 0.717) is 17.7 Å². The minimum atomic E-state index is 0.414. The van der Waals surface area contributed by atoms with Crippen LogP contribution >= 0.6 is 0 Å². The molecule has 8 heteroatoms. The highest BCUT2D eigenvalue weighted by Crippen LogP contribution is 2.54. The molecule has 4 aromatic rings. The van der Waals surface area contributed by atoms with Gasteiger partial charge in [-0.15, -0.1) is 10.2 Å². The Labute approximate surface area is 162 Å². The number of rotatable bonds is 4. The van der Waals surface area contributed by atoms with Crippen molar-refractivity contribution >= 4 is 5.65 Å². The summed E-state index contributed by atoms with van der Waals surface area (Å²) in [4.78, 5) is 4.33. The minimum Gasteiger partial charge on any atom is -0.481 e. The van der Waals surface area contributed by atoms with Crippen molar-refractivity contribution in [1.82, 2.24) is 34.6 Å². The van der Waals surface area contributed by atoms with Crippen LogP contribution < -0.4 is 4.74 Å². The van der Waals surface area contributed by atoms with Crippen LogP contribution in [-0.4, -0.2) is 41.7 Å². The largest absolute Gasteiger partial charge is 0.481 e. The number of hydrogen-bond acceptors (Lipinski definition) is 6. The van der Waals surface area contributed by atoms with Crippen molar-refractivity contribution in [1.29, 1.82) is 0 Å². The molecule has 0 N–H and O–H groups in total. The minimum absolute atomic E-state index is 0.414. The highest BCUT2D eigenvalue weighted by molar-refractivity contribution is 5.60. The first-order valence-corrected chi connectivity index (χ1v) is 9.29. The molecule has 1 aliphatic rings. The summed E-state index contributed by atoms with van der Waals surface area (Å²) in [6, 6.07) is 8.20. The van der Waals surface area contributed by atoms with E-state index in [1.807, 2.05) is 43.9 Å². The summed E-state index contributed by atoms with van der Waals surface area (Å²) in [7, 11) is 3.59. The molecule has 28 heavy (non-hydrogen) atoms. The molecule has 1 aliphatic carbocycles. The Kier molecular flexibility index (Phi) is 3.68. The lowest BCUT2D eigenvalue weighted by molar-refractivity contribution is 0.397. The fourth-order valence-corrected chi connectivity index (χ4v) is 3.79. The predicted molar refractivity (Wildman–Crippen MR) is 103 cm³/mol. The quantitative estimate of drug-likeness (QED) is 0.545. The molecule has 0 amide bonds. The summed E-state index contributed by atoms with van der Waals surface area (Å²) in [5.41, 5.74) is 6.02. The molecule has 0 aliphatic heterocycles. The van der Waals surface area contributed by atoms with Crippen molar-refractivity contribution in [3.63, 3.8) is 0 Å². The lowest BCUT2D eigenvalue weighted by Gasteiger charge is -2.04. The molecule has 0 unspecified atom stereocenters. The van der Waals surface area contributed by atoms with Crippen molar-refractivity contribution < 1.29 is 4.74 Å². The first-order valence-electron chi connectivity index (χ1n) is 9.29. The van der Waals surface area contributed by atoms with Crippen LogP contribution in [0.5, 0.6) is 5.88 Å². The maximum Gasteiger partial charge on any atom is 0.212 e. The van der Waals surface area contributed by atoms with Crippen LogP contribution in [0.25, 0.3) is 17.0 Å². The van der Waals surface area contributed by atoms with Crippen molar-refractivity contribution in [2.45, 2.75) is 32.1 Å². The summed E-state index contributed by atoms with van der Waals surface area (Å²) in [6.45, 7) is 3.93. The Hall–Kier alpha value is -3.29. The number of pyridine rings is 1. The van der Waals surface area contributed by atoms with E-state index < -0.39 is 0 Å². The molecule has 5 rings (SSSR count). The van der Waals surface area contributed by atoms with Crippen molar-refractivity contribution in [2.24, 2.45) is 7.05 Å². The third kappa shape index (κ3) is 2.64. The number of nitrogens with zero attached hydrogens (tertiary/aromatic N) is 7. The Morgan fingerprint density at radius 3 is 2.68 bits per heavy atom. The monoisotopic (exact) mass is 375 g/mol. The van der Waals surface area contributed by atoms with E-state index in [9.17, 15) is 0 Å². The van der Waals surface area contributed by atoms with Gasteiger partial charge in [-0.2, -0.15) is 14.7 Å². The van der Waals surface area contributed by atoms with Crippen molar-refractivity contribution in [3.05, 3.63) is 53.1 Å². The summed E-state index contributed by atoms with van der Waals surface area (Å²) in [5, 5.41) is 17.8. The summed E-state index contributed by atoms with van der Waals surface area (Å²) in [5.74, 6) is 2.29. The van der Waals surface area contributed by atoms with Gasteiger partial charge >= 0.3 is 0 Å². The number of hydrogen-bond donors (Lipinski definition) is 0. The lowest BCUT2D eigenvalue weighted by Crippen LogP contribution is -2.02. The van der Waals surface area contributed by atoms with E-state index in [1.54, 1.807) is 11.6 Å². The Bertz CT molecular complexity index is 1180. The Balaban J connectivity index is 1.46. The summed E-state index contributed by atoms with van der Waals surface area (Å²) < 4.78 is 8.85. The van der Waals surface area contributed by atoms with Gasteiger partial charge in [-0.1, -0.05) is 6.07 Å². The smallest absolute Gasteiger partial charge is 0.212 e. The van der Waals surface area contributed by atoms with E-state index in [-0.39, 0.29) is 0 Å². The number of methoxy groups -OCH3 is 1. The van der Waals surface area contributed by atoms with Crippen LogP contribution in [-0.2, 0) is 7.05 Å². The van der Waals surface area contributed by atoms with Gasteiger partial charge in [0.1, 0.15) is 5.69 Å². The molecule has 4 heterocycles. The topological polar surface area (TPSA) is 83.0 Å². The number of aromatic nitrogens is 7. The average Bonchev–Trinajstić information content (AvgIpc) is 3.28. The van der Waals surface area contributed by atoms with Crippen LogP contribution in [0.15, 0.2) is 30.5 Å². The SMILES string of the molecule is COc1ccc([C@@H]2C[C@H]2c2cc(-c3cc(C)c4nnc(C)n4n3)n(C)n2)cn1. The molecular formula is C20H21N7O. The second kappa shape index (κ2) is 6.12. The van der Waals surface area contributed by atoms with Gasteiger partial charge in [-0.25, -0.2) is 4.98 Å². The lowest BCUT2D eigenvalue weighted by atomic mass is 10.1. The van der Waals surface area contributed by atoms with E-state index >= 15 is 0 Å². The molecule has 8 nitrogen and oxygen atoms in total. The molecule has 0 saturated heterocycles. The van der Waals surface area contributed by atoms with Gasteiger partial charge in [0.2, 0.25) is 5.88 Å². The molecule has 2 atom stereocenters. The van der Waals surface area contributed by atoms with Gasteiger partial charge in [0, 0.05) is 25.2 Å². The first-order chi connectivity index (χ1) is 13.5. The van der Waals surface area contributed by atoms with E-state index in [0.717, 1.165) is 40.5 Å². The normalized spacial score (nSPS) is 18.6. The number of ether oxygens (including phenoxy) is 1. The molecule has 1 saturated carbocycles. The second-order valence-electron chi connectivity index (χ2n) is 7.36. The molecule has 0 spiro atoms. The second-order valence-corrected chi connectivity index (χ2v) is 7.36. The van der Waals surface area contributed by atoms with Gasteiger partial charge in [0.05, 0.1) is 18.5 Å². The van der Waals surface area contributed by atoms with Crippen LogP contribution in [0.4, 0.5) is 0 Å². The van der Waals surface area contributed by atoms with Crippen molar-refractivity contribution in [2.75, 3.05) is 7.11 Å². The summed E-state index contributed by atoms with van der Waals surface area (Å²) in [6.07, 6.45) is 2.99. The zero-order valence-electron chi connectivity index (χ0n) is 16.3. The Morgan fingerprint density at radius 2 is 1.93 bits per heavy atom. The first kappa shape index (κ1) is 16.9. The van der Waals surface area contributed by atoms with Crippen LogP contribution in [0.3, 0.4) is 0 Å². The fraction of sp³-hybridized carbons (Fsp3) is 0.350. The van der Waals surface area contributed by atoms with Gasteiger partial charge in [0.25, 0.3) is 0 Å². The third-order valence-corrected chi connectivity index (χ3v) is 5.44. The van der Waals surface area contributed by atoms with Crippen LogP contribution in [0, 0.1) is 13.8 Å². The van der Waals surface area contributed by atoms with Gasteiger partial charge < -0.3 is 4.74 Å². The van der Waals surface area contributed by atoms with E-state index in [1.165, 1.54) is 5.56 Å². The van der Waals surface area contributed by atoms with Crippen LogP contribution in [0.1, 0.15) is 40.9 Å². The maximum atomic E-state index is 5.15. The fourth-order valence-electron chi connectivity index (χ4n) is 3.79.